The Morgan fingerprint density at radius 1 is 1.31 bits per heavy atom. The first kappa shape index (κ1) is 20.9. The van der Waals surface area contributed by atoms with Crippen LogP contribution < -0.4 is 5.32 Å². The molecule has 2 atom stereocenters. The van der Waals surface area contributed by atoms with E-state index in [1.807, 2.05) is 21.0 Å². The lowest BCUT2D eigenvalue weighted by Crippen LogP contribution is -2.46. The smallest absolute Gasteiger partial charge is 0.243 e. The van der Waals surface area contributed by atoms with Gasteiger partial charge in [0, 0.05) is 26.2 Å². The molecule has 146 valence electrons. The number of nitrogens with one attached hydrogen (secondary N) is 1. The van der Waals surface area contributed by atoms with Gasteiger partial charge in [-0.25, -0.2) is 8.42 Å². The van der Waals surface area contributed by atoms with Crippen LogP contribution >= 0.6 is 0 Å². The van der Waals surface area contributed by atoms with E-state index in [2.05, 4.69) is 17.1 Å². The second-order valence-corrected chi connectivity index (χ2v) is 9.57. The Balaban J connectivity index is 1.97. The highest BCUT2D eigenvalue weighted by molar-refractivity contribution is 7.89. The standard InChI is InChI=1S/C19H31N3O3S/c1-15-7-9-18(10-8-15)26(24,25)22-11-5-6-17(14-22)19(23)20-12-16(2)13-21(3)4/h7-10,16-17H,5-6,11-14H2,1-4H3,(H,20,23)/t16-,17+/m0/s1. The molecule has 0 unspecified atom stereocenters. The van der Waals surface area contributed by atoms with Crippen LogP contribution in [0.3, 0.4) is 0 Å². The fourth-order valence-corrected chi connectivity index (χ4v) is 4.86. The van der Waals surface area contributed by atoms with Crippen molar-refractivity contribution in [3.05, 3.63) is 29.8 Å². The maximum atomic E-state index is 12.8. The minimum atomic E-state index is -3.55. The maximum Gasteiger partial charge on any atom is 0.243 e. The summed E-state index contributed by atoms with van der Waals surface area (Å²) in [6, 6.07) is 6.87. The summed E-state index contributed by atoms with van der Waals surface area (Å²) >= 11 is 0. The quantitative estimate of drug-likeness (QED) is 0.781. The van der Waals surface area contributed by atoms with Crippen LogP contribution in [0.1, 0.15) is 25.3 Å². The summed E-state index contributed by atoms with van der Waals surface area (Å²) in [7, 11) is 0.469. The van der Waals surface area contributed by atoms with Crippen molar-refractivity contribution >= 4 is 15.9 Å². The SMILES string of the molecule is Cc1ccc(S(=O)(=O)N2CCC[C@@H](C(=O)NC[C@H](C)CN(C)C)C2)cc1. The monoisotopic (exact) mass is 381 g/mol. The number of aryl methyl sites for hydroxylation is 1. The van der Waals surface area contributed by atoms with Gasteiger partial charge in [-0.15, -0.1) is 0 Å². The first-order valence-electron chi connectivity index (χ1n) is 9.19. The molecule has 1 aromatic carbocycles. The minimum Gasteiger partial charge on any atom is -0.356 e. The van der Waals surface area contributed by atoms with Crippen molar-refractivity contribution in [2.24, 2.45) is 11.8 Å². The van der Waals surface area contributed by atoms with E-state index in [1.54, 1.807) is 24.3 Å². The summed E-state index contributed by atoms with van der Waals surface area (Å²) in [5.41, 5.74) is 1.02. The Kier molecular flexibility index (Phi) is 7.20. The van der Waals surface area contributed by atoms with Gasteiger partial charge in [0.15, 0.2) is 0 Å². The lowest BCUT2D eigenvalue weighted by molar-refractivity contribution is -0.126. The normalized spacial score (nSPS) is 20.1. The molecule has 1 fully saturated rings. The average Bonchev–Trinajstić information content (AvgIpc) is 2.59. The van der Waals surface area contributed by atoms with Gasteiger partial charge >= 0.3 is 0 Å². The molecule has 1 saturated heterocycles. The maximum absolute atomic E-state index is 12.8. The zero-order chi connectivity index (χ0) is 19.3. The third-order valence-electron chi connectivity index (χ3n) is 4.72. The number of hydrogen-bond donors (Lipinski definition) is 1. The van der Waals surface area contributed by atoms with Crippen molar-refractivity contribution in [3.63, 3.8) is 0 Å². The topological polar surface area (TPSA) is 69.7 Å². The van der Waals surface area contributed by atoms with Crippen LogP contribution in [-0.2, 0) is 14.8 Å². The zero-order valence-electron chi connectivity index (χ0n) is 16.2. The molecule has 26 heavy (non-hydrogen) atoms. The predicted molar refractivity (Wildman–Crippen MR) is 103 cm³/mol. The third-order valence-corrected chi connectivity index (χ3v) is 6.59. The van der Waals surface area contributed by atoms with Crippen molar-refractivity contribution in [1.29, 1.82) is 0 Å². The molecular formula is C19H31N3O3S. The molecule has 1 heterocycles. The van der Waals surface area contributed by atoms with Gasteiger partial charge in [-0.1, -0.05) is 24.6 Å². The third kappa shape index (κ3) is 5.53. The molecule has 1 aliphatic heterocycles. The van der Waals surface area contributed by atoms with Gasteiger partial charge < -0.3 is 10.2 Å². The molecule has 0 aromatic heterocycles. The highest BCUT2D eigenvalue weighted by Crippen LogP contribution is 2.24. The summed E-state index contributed by atoms with van der Waals surface area (Å²) in [5.74, 6) is 0.0277. The fourth-order valence-electron chi connectivity index (χ4n) is 3.34. The second kappa shape index (κ2) is 8.97. The minimum absolute atomic E-state index is 0.0422. The van der Waals surface area contributed by atoms with Crippen LogP contribution in [0.4, 0.5) is 0 Å². The van der Waals surface area contributed by atoms with E-state index in [4.69, 9.17) is 0 Å². The van der Waals surface area contributed by atoms with Gasteiger partial charge in [0.05, 0.1) is 10.8 Å². The lowest BCUT2D eigenvalue weighted by Gasteiger charge is -2.31. The molecule has 0 radical (unpaired) electrons. The van der Waals surface area contributed by atoms with Crippen molar-refractivity contribution in [2.75, 3.05) is 40.3 Å². The lowest BCUT2D eigenvalue weighted by atomic mass is 9.98. The van der Waals surface area contributed by atoms with E-state index in [1.165, 1.54) is 4.31 Å². The van der Waals surface area contributed by atoms with E-state index >= 15 is 0 Å². The predicted octanol–water partition coefficient (Wildman–Crippen LogP) is 1.71. The number of hydrogen-bond acceptors (Lipinski definition) is 4. The summed E-state index contributed by atoms with van der Waals surface area (Å²) in [6.45, 7) is 6.25. The van der Waals surface area contributed by atoms with Gasteiger partial charge in [0.2, 0.25) is 15.9 Å². The Hall–Kier alpha value is -1.44. The Labute approximate surface area is 157 Å². The van der Waals surface area contributed by atoms with E-state index in [0.29, 0.717) is 30.3 Å². The van der Waals surface area contributed by atoms with Gasteiger partial charge in [0.1, 0.15) is 0 Å². The molecule has 1 amide bonds. The van der Waals surface area contributed by atoms with Crippen molar-refractivity contribution in [2.45, 2.75) is 31.6 Å². The van der Waals surface area contributed by atoms with Gasteiger partial charge in [-0.2, -0.15) is 4.31 Å². The molecule has 7 heteroatoms. The molecule has 0 saturated carbocycles. The molecule has 2 rings (SSSR count). The molecule has 0 aliphatic carbocycles. The van der Waals surface area contributed by atoms with Crippen LogP contribution in [0, 0.1) is 18.8 Å². The number of rotatable bonds is 7. The number of amides is 1. The number of carbonyl (C=O) groups excluding carboxylic acids is 1. The number of carbonyl (C=O) groups is 1. The van der Waals surface area contributed by atoms with E-state index in [0.717, 1.165) is 18.5 Å². The van der Waals surface area contributed by atoms with Crippen molar-refractivity contribution in [1.82, 2.24) is 14.5 Å². The summed E-state index contributed by atoms with van der Waals surface area (Å²) in [5, 5.41) is 2.99. The van der Waals surface area contributed by atoms with E-state index in [9.17, 15) is 13.2 Å². The first-order chi connectivity index (χ1) is 12.2. The summed E-state index contributed by atoms with van der Waals surface area (Å²) in [4.78, 5) is 14.9. The van der Waals surface area contributed by atoms with Gasteiger partial charge in [-0.3, -0.25) is 4.79 Å². The number of nitrogens with zero attached hydrogens (tertiary/aromatic N) is 2. The van der Waals surface area contributed by atoms with Crippen LogP contribution in [0.15, 0.2) is 29.2 Å². The molecule has 1 aromatic rings. The molecule has 0 bridgehead atoms. The van der Waals surface area contributed by atoms with Crippen LogP contribution in [0.5, 0.6) is 0 Å². The number of benzene rings is 1. The largest absolute Gasteiger partial charge is 0.356 e. The molecule has 6 nitrogen and oxygen atoms in total. The summed E-state index contributed by atoms with van der Waals surface area (Å²) < 4.78 is 27.1. The molecule has 1 N–H and O–H groups in total. The molecule has 0 spiro atoms. The van der Waals surface area contributed by atoms with Crippen LogP contribution in [-0.4, -0.2) is 63.8 Å². The van der Waals surface area contributed by atoms with Gasteiger partial charge in [0.25, 0.3) is 0 Å². The van der Waals surface area contributed by atoms with Crippen LogP contribution in [0.2, 0.25) is 0 Å². The Bertz CT molecular complexity index is 701. The van der Waals surface area contributed by atoms with E-state index < -0.39 is 10.0 Å². The number of piperidine rings is 1. The molecule has 1 aliphatic rings. The van der Waals surface area contributed by atoms with Crippen molar-refractivity contribution in [3.8, 4) is 0 Å². The first-order valence-corrected chi connectivity index (χ1v) is 10.6. The Morgan fingerprint density at radius 2 is 1.96 bits per heavy atom. The van der Waals surface area contributed by atoms with Crippen LogP contribution in [0.25, 0.3) is 0 Å². The van der Waals surface area contributed by atoms with E-state index in [-0.39, 0.29) is 18.4 Å². The highest BCUT2D eigenvalue weighted by atomic mass is 32.2. The van der Waals surface area contributed by atoms with Gasteiger partial charge in [-0.05, 0) is 51.9 Å². The molecular weight excluding hydrogens is 350 g/mol. The second-order valence-electron chi connectivity index (χ2n) is 7.63. The summed E-state index contributed by atoms with van der Waals surface area (Å²) in [6.07, 6.45) is 1.43. The Morgan fingerprint density at radius 3 is 2.58 bits per heavy atom. The average molecular weight is 382 g/mol. The fraction of sp³-hybridized carbons (Fsp3) is 0.632. The van der Waals surface area contributed by atoms with Crippen molar-refractivity contribution < 1.29 is 13.2 Å². The highest BCUT2D eigenvalue weighted by Gasteiger charge is 2.33. The number of sulfonamides is 1. The zero-order valence-corrected chi connectivity index (χ0v) is 17.1.